The van der Waals surface area contributed by atoms with Crippen molar-refractivity contribution in [2.45, 2.75) is 23.8 Å². The second-order valence-corrected chi connectivity index (χ2v) is 8.83. The van der Waals surface area contributed by atoms with Crippen molar-refractivity contribution in [1.82, 2.24) is 9.21 Å². The van der Waals surface area contributed by atoms with Crippen LogP contribution >= 0.6 is 11.6 Å². The highest BCUT2D eigenvalue weighted by molar-refractivity contribution is 7.89. The molecule has 0 atom stereocenters. The third-order valence-electron chi connectivity index (χ3n) is 5.04. The highest BCUT2D eigenvalue weighted by atomic mass is 35.5. The van der Waals surface area contributed by atoms with E-state index >= 15 is 0 Å². The zero-order valence-electron chi connectivity index (χ0n) is 14.0. The lowest BCUT2D eigenvalue weighted by Gasteiger charge is -2.46. The van der Waals surface area contributed by atoms with Gasteiger partial charge in [0.15, 0.2) is 0 Å². The molecule has 0 spiro atoms. The number of carbonyl (C=O) groups excluding carboxylic acids is 1. The lowest BCUT2D eigenvalue weighted by atomic mass is 9.94. The van der Waals surface area contributed by atoms with E-state index < -0.39 is 10.0 Å². The van der Waals surface area contributed by atoms with Gasteiger partial charge in [-0.25, -0.2) is 8.42 Å². The van der Waals surface area contributed by atoms with Gasteiger partial charge in [-0.3, -0.25) is 9.69 Å². The number of rotatable bonds is 5. The normalized spacial score (nSPS) is 21.0. The van der Waals surface area contributed by atoms with E-state index in [1.54, 1.807) is 6.07 Å². The number of methoxy groups -OCH3 is 1. The SMILES string of the molecule is COc1ccc(S(=O)(=O)N2CC(N3CCC(C(N)=O)CC3)C2)cc1Cl. The summed E-state index contributed by atoms with van der Waals surface area (Å²) in [6, 6.07) is 4.67. The summed E-state index contributed by atoms with van der Waals surface area (Å²) in [6.07, 6.45) is 1.49. The second-order valence-electron chi connectivity index (χ2n) is 6.48. The maximum Gasteiger partial charge on any atom is 0.243 e. The van der Waals surface area contributed by atoms with Gasteiger partial charge < -0.3 is 10.5 Å². The van der Waals surface area contributed by atoms with Gasteiger partial charge in [-0.2, -0.15) is 4.31 Å². The second kappa shape index (κ2) is 7.11. The van der Waals surface area contributed by atoms with Crippen LogP contribution < -0.4 is 10.5 Å². The fourth-order valence-electron chi connectivity index (χ4n) is 3.35. The van der Waals surface area contributed by atoms with Crippen molar-refractivity contribution in [3.05, 3.63) is 23.2 Å². The number of hydrogen-bond donors (Lipinski definition) is 1. The van der Waals surface area contributed by atoms with Crippen LogP contribution in [0.3, 0.4) is 0 Å². The number of sulfonamides is 1. The Morgan fingerprint density at radius 2 is 1.92 bits per heavy atom. The Hall–Kier alpha value is -1.35. The van der Waals surface area contributed by atoms with Crippen LogP contribution in [0.4, 0.5) is 0 Å². The fraction of sp³-hybridized carbons (Fsp3) is 0.562. The maximum absolute atomic E-state index is 12.7. The smallest absolute Gasteiger partial charge is 0.243 e. The number of amides is 1. The number of nitrogens with zero attached hydrogens (tertiary/aromatic N) is 2. The van der Waals surface area contributed by atoms with Gasteiger partial charge in [-0.05, 0) is 44.1 Å². The van der Waals surface area contributed by atoms with Gasteiger partial charge in [0.2, 0.25) is 15.9 Å². The first-order valence-electron chi connectivity index (χ1n) is 8.20. The summed E-state index contributed by atoms with van der Waals surface area (Å²) in [5.74, 6) is 0.144. The molecule has 1 aromatic carbocycles. The Labute approximate surface area is 152 Å². The molecule has 9 heteroatoms. The average Bonchev–Trinajstić information content (AvgIpc) is 2.53. The van der Waals surface area contributed by atoms with E-state index in [2.05, 4.69) is 4.90 Å². The molecule has 1 aromatic rings. The van der Waals surface area contributed by atoms with Gasteiger partial charge in [0.1, 0.15) is 5.75 Å². The Balaban J connectivity index is 1.60. The predicted octanol–water partition coefficient (Wildman–Crippen LogP) is 0.919. The zero-order chi connectivity index (χ0) is 18.2. The highest BCUT2D eigenvalue weighted by Gasteiger charge is 2.41. The minimum atomic E-state index is -3.55. The molecule has 0 radical (unpaired) electrons. The molecule has 138 valence electrons. The van der Waals surface area contributed by atoms with E-state index in [-0.39, 0.29) is 27.8 Å². The first-order chi connectivity index (χ1) is 11.8. The number of ether oxygens (including phenoxy) is 1. The molecule has 0 aromatic heterocycles. The van der Waals surface area contributed by atoms with Crippen LogP contribution in [0.1, 0.15) is 12.8 Å². The van der Waals surface area contributed by atoms with E-state index in [0.29, 0.717) is 18.8 Å². The van der Waals surface area contributed by atoms with Crippen molar-refractivity contribution in [2.24, 2.45) is 11.7 Å². The number of carbonyl (C=O) groups is 1. The molecule has 3 rings (SSSR count). The van der Waals surface area contributed by atoms with Gasteiger partial charge in [0.05, 0.1) is 17.0 Å². The van der Waals surface area contributed by atoms with E-state index in [4.69, 9.17) is 22.1 Å². The van der Waals surface area contributed by atoms with Crippen LogP contribution in [0.25, 0.3) is 0 Å². The average molecular weight is 388 g/mol. The third-order valence-corrected chi connectivity index (χ3v) is 7.16. The van der Waals surface area contributed by atoms with E-state index in [9.17, 15) is 13.2 Å². The van der Waals surface area contributed by atoms with Crippen LogP contribution in [-0.4, -0.2) is 62.9 Å². The van der Waals surface area contributed by atoms with Gasteiger partial charge in [0.25, 0.3) is 0 Å². The Morgan fingerprint density at radius 1 is 1.28 bits per heavy atom. The number of piperidine rings is 1. The lowest BCUT2D eigenvalue weighted by molar-refractivity contribution is -0.123. The molecule has 7 nitrogen and oxygen atoms in total. The molecule has 2 heterocycles. The molecule has 0 bridgehead atoms. The number of likely N-dealkylation sites (tertiary alicyclic amines) is 1. The molecular formula is C16H22ClN3O4S. The number of halogens is 1. The summed E-state index contributed by atoms with van der Waals surface area (Å²) < 4.78 is 31.9. The van der Waals surface area contributed by atoms with Crippen molar-refractivity contribution in [3.8, 4) is 5.75 Å². The first kappa shape index (κ1) is 18.4. The molecule has 0 aliphatic carbocycles. The lowest BCUT2D eigenvalue weighted by Crippen LogP contribution is -2.62. The topological polar surface area (TPSA) is 92.9 Å². The molecule has 25 heavy (non-hydrogen) atoms. The monoisotopic (exact) mass is 387 g/mol. The number of nitrogens with two attached hydrogens (primary N) is 1. The largest absolute Gasteiger partial charge is 0.495 e. The van der Waals surface area contributed by atoms with Crippen molar-refractivity contribution in [1.29, 1.82) is 0 Å². The molecule has 2 saturated heterocycles. The zero-order valence-corrected chi connectivity index (χ0v) is 15.6. The summed E-state index contributed by atoms with van der Waals surface area (Å²) >= 11 is 6.04. The number of benzene rings is 1. The molecule has 2 aliphatic heterocycles. The quantitative estimate of drug-likeness (QED) is 0.810. The Morgan fingerprint density at radius 3 is 2.44 bits per heavy atom. The Kier molecular flexibility index (Phi) is 5.24. The van der Waals surface area contributed by atoms with Crippen molar-refractivity contribution < 1.29 is 17.9 Å². The van der Waals surface area contributed by atoms with Gasteiger partial charge in [0, 0.05) is 25.0 Å². The van der Waals surface area contributed by atoms with E-state index in [1.807, 2.05) is 0 Å². The maximum atomic E-state index is 12.7. The van der Waals surface area contributed by atoms with Crippen LogP contribution in [-0.2, 0) is 14.8 Å². The van der Waals surface area contributed by atoms with Crippen LogP contribution in [0, 0.1) is 5.92 Å². The molecule has 2 aliphatic rings. The molecule has 0 unspecified atom stereocenters. The molecule has 2 N–H and O–H groups in total. The fourth-order valence-corrected chi connectivity index (χ4v) is 5.21. The summed E-state index contributed by atoms with van der Waals surface area (Å²) in [7, 11) is -2.07. The molecule has 1 amide bonds. The van der Waals surface area contributed by atoms with Crippen LogP contribution in [0.5, 0.6) is 5.75 Å². The standard InChI is InChI=1S/C16H22ClN3O4S/c1-24-15-3-2-13(8-14(15)17)25(22,23)20-9-12(10-20)19-6-4-11(5-7-19)16(18)21/h2-3,8,11-12H,4-7,9-10H2,1H3,(H2,18,21). The van der Waals surface area contributed by atoms with Crippen LogP contribution in [0.15, 0.2) is 23.1 Å². The summed E-state index contributed by atoms with van der Waals surface area (Å²) in [5.41, 5.74) is 5.35. The molecule has 0 saturated carbocycles. The Bertz CT molecular complexity index is 757. The minimum absolute atomic E-state index is 0.0578. The van der Waals surface area contributed by atoms with Gasteiger partial charge >= 0.3 is 0 Å². The highest BCUT2D eigenvalue weighted by Crippen LogP contribution is 2.31. The summed E-state index contributed by atoms with van der Waals surface area (Å²) in [6.45, 7) is 2.46. The van der Waals surface area contributed by atoms with Crippen molar-refractivity contribution >= 4 is 27.5 Å². The summed E-state index contributed by atoms with van der Waals surface area (Å²) in [5, 5.41) is 0.272. The molecule has 2 fully saturated rings. The summed E-state index contributed by atoms with van der Waals surface area (Å²) in [4.78, 5) is 13.6. The van der Waals surface area contributed by atoms with E-state index in [0.717, 1.165) is 25.9 Å². The minimum Gasteiger partial charge on any atom is -0.495 e. The predicted molar refractivity (Wildman–Crippen MR) is 94.0 cm³/mol. The number of primary amides is 1. The van der Waals surface area contributed by atoms with Gasteiger partial charge in [-0.1, -0.05) is 11.6 Å². The van der Waals surface area contributed by atoms with Gasteiger partial charge in [-0.15, -0.1) is 0 Å². The third kappa shape index (κ3) is 3.62. The number of hydrogen-bond acceptors (Lipinski definition) is 5. The first-order valence-corrected chi connectivity index (χ1v) is 10.0. The van der Waals surface area contributed by atoms with E-state index in [1.165, 1.54) is 23.5 Å². The van der Waals surface area contributed by atoms with Crippen molar-refractivity contribution in [2.75, 3.05) is 33.3 Å². The van der Waals surface area contributed by atoms with Crippen LogP contribution in [0.2, 0.25) is 5.02 Å². The molecular weight excluding hydrogens is 366 g/mol. The van der Waals surface area contributed by atoms with Crippen molar-refractivity contribution in [3.63, 3.8) is 0 Å².